The van der Waals surface area contributed by atoms with Crippen LogP contribution in [0.4, 0.5) is 0 Å². The Hall–Kier alpha value is -0.0800. The topological polar surface area (TPSA) is 29.3 Å². The maximum absolute atomic E-state index is 6.21. The van der Waals surface area contributed by atoms with E-state index in [4.69, 9.17) is 5.73 Å². The molecule has 0 bridgehead atoms. The van der Waals surface area contributed by atoms with Gasteiger partial charge in [0, 0.05) is 25.2 Å². The van der Waals surface area contributed by atoms with E-state index in [0.717, 1.165) is 25.3 Å². The zero-order valence-electron chi connectivity index (χ0n) is 8.64. The van der Waals surface area contributed by atoms with Gasteiger partial charge in [-0.2, -0.15) is 0 Å². The van der Waals surface area contributed by atoms with Crippen molar-refractivity contribution in [3.05, 3.63) is 0 Å². The fourth-order valence-corrected chi connectivity index (χ4v) is 1.88. The molecule has 1 aliphatic rings. The first-order valence-corrected chi connectivity index (χ1v) is 5.11. The highest BCUT2D eigenvalue weighted by Gasteiger charge is 2.29. The van der Waals surface area contributed by atoms with Gasteiger partial charge in [-0.05, 0) is 18.8 Å². The number of nitrogens with zero attached hydrogens (tertiary/aromatic N) is 1. The Kier molecular flexibility index (Phi) is 3.13. The molecule has 1 rings (SSSR count). The Balaban J connectivity index is 2.28. The van der Waals surface area contributed by atoms with Gasteiger partial charge in [-0.1, -0.05) is 20.8 Å². The minimum absolute atomic E-state index is 0.0696. The van der Waals surface area contributed by atoms with Crippen molar-refractivity contribution in [3.8, 4) is 0 Å². The molecule has 1 heterocycles. The molecule has 1 saturated heterocycles. The van der Waals surface area contributed by atoms with Crippen LogP contribution in [0.5, 0.6) is 0 Å². The molecule has 72 valence electrons. The van der Waals surface area contributed by atoms with Crippen LogP contribution in [0.15, 0.2) is 0 Å². The number of nitrogens with two attached hydrogens (primary N) is 1. The first kappa shape index (κ1) is 10.0. The van der Waals surface area contributed by atoms with Crippen molar-refractivity contribution in [2.24, 2.45) is 11.7 Å². The van der Waals surface area contributed by atoms with Crippen molar-refractivity contribution in [3.63, 3.8) is 0 Å². The molecule has 0 saturated carbocycles. The fraction of sp³-hybridized carbons (Fsp3) is 1.00. The van der Waals surface area contributed by atoms with E-state index in [-0.39, 0.29) is 5.54 Å². The van der Waals surface area contributed by atoms with E-state index in [0.29, 0.717) is 0 Å². The molecule has 0 radical (unpaired) electrons. The molecule has 2 N–H and O–H groups in total. The lowest BCUT2D eigenvalue weighted by Crippen LogP contribution is -2.56. The molecule has 0 aromatic heterocycles. The molecule has 2 heteroatoms. The molecule has 1 fully saturated rings. The third kappa shape index (κ3) is 2.20. The third-order valence-corrected chi connectivity index (χ3v) is 3.09. The molecule has 12 heavy (non-hydrogen) atoms. The second kappa shape index (κ2) is 3.75. The smallest absolute Gasteiger partial charge is 0.0278 e. The van der Waals surface area contributed by atoms with Crippen molar-refractivity contribution < 1.29 is 0 Å². The number of hydrogen-bond acceptors (Lipinski definition) is 2. The van der Waals surface area contributed by atoms with E-state index in [1.54, 1.807) is 0 Å². The number of rotatable bonds is 4. The van der Waals surface area contributed by atoms with Gasteiger partial charge in [0.2, 0.25) is 0 Å². The molecule has 0 atom stereocenters. The average Bonchev–Trinajstić information content (AvgIpc) is 2.02. The van der Waals surface area contributed by atoms with Crippen molar-refractivity contribution in [2.45, 2.75) is 39.2 Å². The summed E-state index contributed by atoms with van der Waals surface area (Å²) in [7, 11) is 0. The summed E-state index contributed by atoms with van der Waals surface area (Å²) in [5.41, 5.74) is 6.28. The molecule has 0 aromatic rings. The van der Waals surface area contributed by atoms with Gasteiger partial charge in [-0.3, -0.25) is 0 Å². The van der Waals surface area contributed by atoms with Crippen molar-refractivity contribution >= 4 is 0 Å². The third-order valence-electron chi connectivity index (χ3n) is 3.09. The van der Waals surface area contributed by atoms with Gasteiger partial charge in [0.1, 0.15) is 0 Å². The monoisotopic (exact) mass is 170 g/mol. The lowest BCUT2D eigenvalue weighted by atomic mass is 9.90. The standard InChI is InChI=1S/C10H22N2/c1-4-10(11,5-2)8-12-6-9(3)7-12/h9H,4-8,11H2,1-3H3. The van der Waals surface area contributed by atoms with E-state index >= 15 is 0 Å². The maximum Gasteiger partial charge on any atom is 0.0278 e. The van der Waals surface area contributed by atoms with E-state index in [9.17, 15) is 0 Å². The van der Waals surface area contributed by atoms with Gasteiger partial charge in [-0.25, -0.2) is 0 Å². The molecule has 0 aliphatic carbocycles. The van der Waals surface area contributed by atoms with Crippen molar-refractivity contribution in [1.82, 2.24) is 4.90 Å². The molecule has 0 unspecified atom stereocenters. The number of likely N-dealkylation sites (tertiary alicyclic amines) is 1. The van der Waals surface area contributed by atoms with Crippen LogP contribution in [-0.2, 0) is 0 Å². The predicted octanol–water partition coefficient (Wildman–Crippen LogP) is 1.46. The highest BCUT2D eigenvalue weighted by atomic mass is 15.2. The van der Waals surface area contributed by atoms with Crippen LogP contribution in [0.2, 0.25) is 0 Å². The van der Waals surface area contributed by atoms with Crippen molar-refractivity contribution in [1.29, 1.82) is 0 Å². The Bertz CT molecular complexity index is 135. The average molecular weight is 170 g/mol. The summed E-state index contributed by atoms with van der Waals surface area (Å²) in [4.78, 5) is 2.47. The molecular formula is C10H22N2. The van der Waals surface area contributed by atoms with Crippen LogP contribution in [0, 0.1) is 5.92 Å². The summed E-state index contributed by atoms with van der Waals surface area (Å²) in [6.07, 6.45) is 2.18. The fourth-order valence-electron chi connectivity index (χ4n) is 1.88. The lowest BCUT2D eigenvalue weighted by Gasteiger charge is -2.42. The largest absolute Gasteiger partial charge is 0.324 e. The zero-order chi connectivity index (χ0) is 9.19. The van der Waals surface area contributed by atoms with Gasteiger partial charge in [0.05, 0.1) is 0 Å². The lowest BCUT2D eigenvalue weighted by molar-refractivity contribution is 0.0803. The van der Waals surface area contributed by atoms with Gasteiger partial charge >= 0.3 is 0 Å². The minimum Gasteiger partial charge on any atom is -0.324 e. The zero-order valence-corrected chi connectivity index (χ0v) is 8.64. The Morgan fingerprint density at radius 1 is 1.33 bits per heavy atom. The van der Waals surface area contributed by atoms with Crippen LogP contribution in [0.1, 0.15) is 33.6 Å². The summed E-state index contributed by atoms with van der Waals surface area (Å²) in [6.45, 7) is 10.3. The first-order valence-electron chi connectivity index (χ1n) is 5.11. The van der Waals surface area contributed by atoms with Gasteiger partial charge in [0.25, 0.3) is 0 Å². The Labute approximate surface area is 76.1 Å². The van der Waals surface area contributed by atoms with E-state index in [1.165, 1.54) is 13.1 Å². The second-order valence-electron chi connectivity index (χ2n) is 4.37. The maximum atomic E-state index is 6.21. The van der Waals surface area contributed by atoms with E-state index in [1.807, 2.05) is 0 Å². The highest BCUT2D eigenvalue weighted by Crippen LogP contribution is 2.20. The van der Waals surface area contributed by atoms with E-state index < -0.39 is 0 Å². The highest BCUT2D eigenvalue weighted by molar-refractivity contribution is 4.89. The minimum atomic E-state index is 0.0696. The second-order valence-corrected chi connectivity index (χ2v) is 4.37. The molecular weight excluding hydrogens is 148 g/mol. The normalized spacial score (nSPS) is 21.0. The summed E-state index contributed by atoms with van der Waals surface area (Å²) in [6, 6.07) is 0. The molecule has 2 nitrogen and oxygen atoms in total. The van der Waals surface area contributed by atoms with Crippen molar-refractivity contribution in [2.75, 3.05) is 19.6 Å². The molecule has 1 aliphatic heterocycles. The van der Waals surface area contributed by atoms with Crippen LogP contribution >= 0.6 is 0 Å². The summed E-state index contributed by atoms with van der Waals surface area (Å²) >= 11 is 0. The van der Waals surface area contributed by atoms with Gasteiger partial charge in [-0.15, -0.1) is 0 Å². The van der Waals surface area contributed by atoms with Crippen LogP contribution < -0.4 is 5.73 Å². The Morgan fingerprint density at radius 2 is 1.83 bits per heavy atom. The quantitative estimate of drug-likeness (QED) is 0.692. The molecule has 0 amide bonds. The Morgan fingerprint density at radius 3 is 2.17 bits per heavy atom. The summed E-state index contributed by atoms with van der Waals surface area (Å²) in [5.74, 6) is 0.892. The number of hydrogen-bond donors (Lipinski definition) is 1. The van der Waals surface area contributed by atoms with Gasteiger partial charge in [0.15, 0.2) is 0 Å². The summed E-state index contributed by atoms with van der Waals surface area (Å²) < 4.78 is 0. The SMILES string of the molecule is CCC(N)(CC)CN1CC(C)C1. The first-order chi connectivity index (χ1) is 5.59. The van der Waals surface area contributed by atoms with Crippen LogP contribution in [0.25, 0.3) is 0 Å². The molecule has 0 spiro atoms. The predicted molar refractivity (Wildman–Crippen MR) is 53.1 cm³/mol. The van der Waals surface area contributed by atoms with Crippen LogP contribution in [-0.4, -0.2) is 30.1 Å². The van der Waals surface area contributed by atoms with Gasteiger partial charge < -0.3 is 10.6 Å². The molecule has 0 aromatic carbocycles. The van der Waals surface area contributed by atoms with Crippen LogP contribution in [0.3, 0.4) is 0 Å². The van der Waals surface area contributed by atoms with E-state index in [2.05, 4.69) is 25.7 Å². The summed E-state index contributed by atoms with van der Waals surface area (Å²) in [5, 5.41) is 0.